The highest BCUT2D eigenvalue weighted by Crippen LogP contribution is 2.03. The number of ether oxygens (including phenoxy) is 1. The molecule has 2 N–H and O–H groups in total. The number of aromatic nitrogens is 2. The molecular formula is C7H13N3O4S. The van der Waals surface area contributed by atoms with E-state index in [1.54, 1.807) is 6.92 Å². The van der Waals surface area contributed by atoms with Gasteiger partial charge in [-0.3, -0.25) is 4.84 Å². The van der Waals surface area contributed by atoms with E-state index in [4.69, 9.17) is 4.84 Å². The van der Waals surface area contributed by atoms with Gasteiger partial charge >= 0.3 is 0 Å². The second-order valence-corrected chi connectivity index (χ2v) is 4.37. The van der Waals surface area contributed by atoms with E-state index in [9.17, 15) is 8.42 Å². The third-order valence-corrected chi connectivity index (χ3v) is 2.65. The Morgan fingerprint density at radius 3 is 2.80 bits per heavy atom. The van der Waals surface area contributed by atoms with E-state index < -0.39 is 10.0 Å². The van der Waals surface area contributed by atoms with Gasteiger partial charge in [0.15, 0.2) is 5.03 Å². The van der Waals surface area contributed by atoms with Crippen molar-refractivity contribution in [3.63, 3.8) is 0 Å². The Morgan fingerprint density at radius 1 is 1.53 bits per heavy atom. The highest BCUT2D eigenvalue weighted by Gasteiger charge is 2.16. The van der Waals surface area contributed by atoms with Gasteiger partial charge in [0.1, 0.15) is 5.82 Å². The lowest BCUT2D eigenvalue weighted by Gasteiger charge is -2.04. The van der Waals surface area contributed by atoms with Crippen LogP contribution in [0.15, 0.2) is 11.2 Å². The third-order valence-electron chi connectivity index (χ3n) is 1.53. The van der Waals surface area contributed by atoms with Gasteiger partial charge in [0.25, 0.3) is 10.0 Å². The lowest BCUT2D eigenvalue weighted by atomic mass is 10.8. The van der Waals surface area contributed by atoms with Crippen LogP contribution in [0.3, 0.4) is 0 Å². The molecule has 1 heterocycles. The van der Waals surface area contributed by atoms with Crippen molar-refractivity contribution in [2.75, 3.05) is 20.3 Å². The van der Waals surface area contributed by atoms with Gasteiger partial charge in [-0.15, -0.1) is 0 Å². The summed E-state index contributed by atoms with van der Waals surface area (Å²) in [5, 5.41) is -0.0302. The van der Waals surface area contributed by atoms with E-state index >= 15 is 0 Å². The zero-order valence-electron chi connectivity index (χ0n) is 8.48. The first kappa shape index (κ1) is 12.1. The monoisotopic (exact) mass is 235 g/mol. The molecule has 15 heavy (non-hydrogen) atoms. The Kier molecular flexibility index (Phi) is 4.21. The van der Waals surface area contributed by atoms with Gasteiger partial charge in [-0.05, 0) is 6.92 Å². The zero-order chi connectivity index (χ0) is 11.3. The first-order valence-corrected chi connectivity index (χ1v) is 5.68. The summed E-state index contributed by atoms with van der Waals surface area (Å²) in [5.74, 6) is 0.521. The minimum atomic E-state index is -3.67. The average Bonchev–Trinajstić information content (AvgIpc) is 2.60. The molecule has 0 amide bonds. The number of nitrogens with one attached hydrogen (secondary N) is 2. The molecule has 0 saturated carbocycles. The van der Waals surface area contributed by atoms with Crippen molar-refractivity contribution < 1.29 is 18.0 Å². The van der Waals surface area contributed by atoms with Crippen LogP contribution in [-0.2, 0) is 19.6 Å². The van der Waals surface area contributed by atoms with Crippen molar-refractivity contribution in [3.8, 4) is 0 Å². The van der Waals surface area contributed by atoms with Gasteiger partial charge in [-0.2, -0.15) is 0 Å². The van der Waals surface area contributed by atoms with Crippen LogP contribution >= 0.6 is 0 Å². The fourth-order valence-electron chi connectivity index (χ4n) is 0.824. The minimum Gasteiger partial charge on any atom is -0.382 e. The summed E-state index contributed by atoms with van der Waals surface area (Å²) < 4.78 is 27.6. The molecule has 0 aliphatic carbocycles. The first-order chi connectivity index (χ1) is 7.06. The van der Waals surface area contributed by atoms with Gasteiger partial charge in [0.05, 0.1) is 19.4 Å². The van der Waals surface area contributed by atoms with Crippen molar-refractivity contribution >= 4 is 10.0 Å². The number of hydrogen-bond acceptors (Lipinski definition) is 5. The van der Waals surface area contributed by atoms with Crippen molar-refractivity contribution in [1.82, 2.24) is 14.9 Å². The Balaban J connectivity index is 2.53. The van der Waals surface area contributed by atoms with Crippen LogP contribution < -0.4 is 4.89 Å². The molecule has 0 aromatic carbocycles. The zero-order valence-corrected chi connectivity index (χ0v) is 9.30. The first-order valence-electron chi connectivity index (χ1n) is 4.20. The van der Waals surface area contributed by atoms with Gasteiger partial charge in [-0.25, -0.2) is 13.4 Å². The molecule has 7 nitrogen and oxygen atoms in total. The molecule has 0 unspecified atom stereocenters. The molecule has 0 fully saturated rings. The Hall–Kier alpha value is -0.960. The molecule has 1 rings (SSSR count). The van der Waals surface area contributed by atoms with E-state index in [1.165, 1.54) is 13.3 Å². The molecule has 1 aromatic rings. The highest BCUT2D eigenvalue weighted by atomic mass is 32.2. The number of imidazole rings is 1. The predicted molar refractivity (Wildman–Crippen MR) is 51.5 cm³/mol. The van der Waals surface area contributed by atoms with E-state index in [1.807, 2.05) is 4.89 Å². The van der Waals surface area contributed by atoms with Crippen LogP contribution in [0.4, 0.5) is 0 Å². The van der Waals surface area contributed by atoms with E-state index in [0.717, 1.165) is 0 Å². The summed E-state index contributed by atoms with van der Waals surface area (Å²) in [6.07, 6.45) is 1.22. The summed E-state index contributed by atoms with van der Waals surface area (Å²) in [4.78, 5) is 13.0. The van der Waals surface area contributed by atoms with Crippen LogP contribution in [0.1, 0.15) is 5.82 Å². The molecular weight excluding hydrogens is 222 g/mol. The van der Waals surface area contributed by atoms with Crippen molar-refractivity contribution in [1.29, 1.82) is 0 Å². The molecule has 0 bridgehead atoms. The van der Waals surface area contributed by atoms with Crippen LogP contribution in [-0.4, -0.2) is 38.7 Å². The van der Waals surface area contributed by atoms with Crippen LogP contribution in [0.2, 0.25) is 0 Å². The predicted octanol–water partition coefficient (Wildman–Crippen LogP) is -0.426. The maximum atomic E-state index is 11.5. The molecule has 0 aliphatic heterocycles. The van der Waals surface area contributed by atoms with Gasteiger partial charge in [0, 0.05) is 7.11 Å². The summed E-state index contributed by atoms with van der Waals surface area (Å²) >= 11 is 0. The number of rotatable bonds is 6. The van der Waals surface area contributed by atoms with Crippen molar-refractivity contribution in [2.24, 2.45) is 0 Å². The lowest BCUT2D eigenvalue weighted by Crippen LogP contribution is -2.26. The van der Waals surface area contributed by atoms with E-state index in [2.05, 4.69) is 14.7 Å². The fraction of sp³-hybridized carbons (Fsp3) is 0.571. The van der Waals surface area contributed by atoms with Crippen LogP contribution in [0.25, 0.3) is 0 Å². The summed E-state index contributed by atoms with van der Waals surface area (Å²) in [7, 11) is -2.17. The highest BCUT2D eigenvalue weighted by molar-refractivity contribution is 7.89. The topological polar surface area (TPSA) is 93.3 Å². The van der Waals surface area contributed by atoms with Gasteiger partial charge < -0.3 is 9.72 Å². The maximum Gasteiger partial charge on any atom is 0.279 e. The number of methoxy groups -OCH3 is 1. The molecule has 8 heteroatoms. The standard InChI is InChI=1S/C7H13N3O4S/c1-6-8-5-7(9-6)15(11,12)10-14-4-3-13-2/h5,10H,3-4H2,1-2H3,(H,8,9). The Labute approximate surface area is 87.8 Å². The second-order valence-electron chi connectivity index (χ2n) is 2.76. The molecule has 0 spiro atoms. The Bertz CT molecular complexity index is 400. The number of H-pyrrole nitrogens is 1. The molecule has 0 aliphatic rings. The summed E-state index contributed by atoms with van der Waals surface area (Å²) in [6, 6.07) is 0. The molecule has 0 radical (unpaired) electrons. The van der Waals surface area contributed by atoms with E-state index in [-0.39, 0.29) is 11.6 Å². The van der Waals surface area contributed by atoms with E-state index in [0.29, 0.717) is 12.4 Å². The number of aromatic amines is 1. The quantitative estimate of drug-likeness (QED) is 0.515. The normalized spacial score (nSPS) is 11.9. The maximum absolute atomic E-state index is 11.5. The Morgan fingerprint density at radius 2 is 2.27 bits per heavy atom. The molecule has 0 atom stereocenters. The van der Waals surface area contributed by atoms with Crippen LogP contribution in [0.5, 0.6) is 0 Å². The second kappa shape index (κ2) is 5.21. The molecule has 1 aromatic heterocycles. The number of nitrogens with zero attached hydrogens (tertiary/aromatic N) is 1. The average molecular weight is 235 g/mol. The number of aryl methyl sites for hydroxylation is 1. The minimum absolute atomic E-state index is 0.0302. The van der Waals surface area contributed by atoms with Crippen molar-refractivity contribution in [2.45, 2.75) is 11.9 Å². The fourth-order valence-corrected chi connectivity index (χ4v) is 1.63. The van der Waals surface area contributed by atoms with Gasteiger partial charge in [0.2, 0.25) is 0 Å². The number of hydrogen-bond donors (Lipinski definition) is 2. The van der Waals surface area contributed by atoms with Gasteiger partial charge in [-0.1, -0.05) is 4.89 Å². The summed E-state index contributed by atoms with van der Waals surface area (Å²) in [5.41, 5.74) is 0. The molecule has 0 saturated heterocycles. The SMILES string of the molecule is COCCONS(=O)(=O)c1cnc(C)[nH]1. The molecule has 86 valence electrons. The summed E-state index contributed by atoms with van der Waals surface area (Å²) in [6.45, 7) is 2.11. The van der Waals surface area contributed by atoms with Crippen LogP contribution in [0, 0.1) is 6.92 Å². The smallest absolute Gasteiger partial charge is 0.279 e. The lowest BCUT2D eigenvalue weighted by molar-refractivity contribution is 0.0437. The number of sulfonamides is 1. The third kappa shape index (κ3) is 3.59. The largest absolute Gasteiger partial charge is 0.382 e. The van der Waals surface area contributed by atoms with Crippen molar-refractivity contribution in [3.05, 3.63) is 12.0 Å².